The summed E-state index contributed by atoms with van der Waals surface area (Å²) in [5, 5.41) is 7.64. The molecule has 1 aliphatic carbocycles. The van der Waals surface area contributed by atoms with Gasteiger partial charge in [-0.05, 0) is 55.6 Å². The van der Waals surface area contributed by atoms with Gasteiger partial charge < -0.3 is 10.2 Å². The van der Waals surface area contributed by atoms with Crippen LogP contribution in [-0.4, -0.2) is 58.9 Å². The van der Waals surface area contributed by atoms with Crippen molar-refractivity contribution in [3.05, 3.63) is 71.1 Å². The number of oxime groups is 1. The summed E-state index contributed by atoms with van der Waals surface area (Å²) in [5.74, 6) is 0.383. The second kappa shape index (κ2) is 8.86. The van der Waals surface area contributed by atoms with E-state index in [2.05, 4.69) is 32.4 Å². The highest BCUT2D eigenvalue weighted by Crippen LogP contribution is 2.38. The van der Waals surface area contributed by atoms with Gasteiger partial charge in [0.1, 0.15) is 5.82 Å². The number of benzene rings is 1. The molecule has 2 aromatic heterocycles. The molecule has 1 atom stereocenters. The monoisotopic (exact) mass is 446 g/mol. The van der Waals surface area contributed by atoms with Gasteiger partial charge in [-0.2, -0.15) is 0 Å². The first-order valence-corrected chi connectivity index (χ1v) is 11.2. The van der Waals surface area contributed by atoms with Crippen LogP contribution in [0, 0.1) is 12.7 Å². The summed E-state index contributed by atoms with van der Waals surface area (Å²) in [7, 11) is 3.87. The third kappa shape index (κ3) is 4.30. The molecule has 1 unspecified atom stereocenters. The largest absolute Gasteiger partial charge is 0.390 e. The second-order valence-electron chi connectivity index (χ2n) is 8.77. The highest BCUT2D eigenvalue weighted by atomic mass is 19.1. The molecular weight excluding hydrogens is 419 g/mol. The third-order valence-corrected chi connectivity index (χ3v) is 6.33. The Balaban J connectivity index is 1.56. The molecule has 8 heteroatoms. The minimum atomic E-state index is -0.268. The molecule has 1 aliphatic heterocycles. The zero-order valence-electron chi connectivity index (χ0n) is 19.0. The van der Waals surface area contributed by atoms with Crippen LogP contribution in [0.1, 0.15) is 34.9 Å². The maximum absolute atomic E-state index is 14.3. The molecule has 0 saturated carbocycles. The quantitative estimate of drug-likeness (QED) is 0.601. The molecule has 170 valence electrons. The average molecular weight is 447 g/mol. The summed E-state index contributed by atoms with van der Waals surface area (Å²) in [6.07, 6.45) is 4.96. The maximum Gasteiger partial charge on any atom is 0.222 e. The Kier molecular flexibility index (Phi) is 5.76. The zero-order valence-corrected chi connectivity index (χ0v) is 19.0. The molecule has 1 saturated heterocycles. The van der Waals surface area contributed by atoms with E-state index in [9.17, 15) is 4.39 Å². The van der Waals surface area contributed by atoms with Gasteiger partial charge in [-0.15, -0.1) is 0 Å². The van der Waals surface area contributed by atoms with Crippen LogP contribution in [0.15, 0.2) is 47.9 Å². The second-order valence-corrected chi connectivity index (χ2v) is 8.77. The number of halogens is 1. The number of anilines is 1. The van der Waals surface area contributed by atoms with E-state index in [0.717, 1.165) is 52.4 Å². The number of hydrogen-bond donors (Lipinski definition) is 1. The number of likely N-dealkylation sites (tertiary alicyclic amines) is 1. The average Bonchev–Trinajstić information content (AvgIpc) is 2.81. The van der Waals surface area contributed by atoms with Crippen molar-refractivity contribution in [2.24, 2.45) is 5.16 Å². The number of rotatable bonds is 5. The zero-order chi connectivity index (χ0) is 22.9. The highest BCUT2D eigenvalue weighted by Gasteiger charge is 2.32. The SMILES string of the molecule is CNc1nc(C)c2c(n1)CC(c1ccc(F)cc1-c1cccnc1)CC2=NOC1CN(C)C1. The summed E-state index contributed by atoms with van der Waals surface area (Å²) in [4.78, 5) is 21.6. The Bertz CT molecular complexity index is 1190. The van der Waals surface area contributed by atoms with Gasteiger partial charge in [0.2, 0.25) is 5.95 Å². The van der Waals surface area contributed by atoms with Crippen LogP contribution in [0.3, 0.4) is 0 Å². The van der Waals surface area contributed by atoms with Crippen molar-refractivity contribution in [3.8, 4) is 11.1 Å². The number of nitrogens with zero attached hydrogens (tertiary/aromatic N) is 5. The lowest BCUT2D eigenvalue weighted by atomic mass is 9.78. The van der Waals surface area contributed by atoms with Gasteiger partial charge in [-0.1, -0.05) is 17.3 Å². The molecule has 1 fully saturated rings. The number of pyridine rings is 1. The van der Waals surface area contributed by atoms with Crippen molar-refractivity contribution >= 4 is 11.7 Å². The van der Waals surface area contributed by atoms with E-state index in [1.165, 1.54) is 6.07 Å². The predicted octanol–water partition coefficient (Wildman–Crippen LogP) is 3.79. The summed E-state index contributed by atoms with van der Waals surface area (Å²) >= 11 is 0. The molecular formula is C25H27FN6O. The van der Waals surface area contributed by atoms with Gasteiger partial charge in [0, 0.05) is 50.1 Å². The fraction of sp³-hybridized carbons (Fsp3) is 0.360. The Morgan fingerprint density at radius 3 is 2.76 bits per heavy atom. The van der Waals surface area contributed by atoms with Crippen LogP contribution in [0.2, 0.25) is 0 Å². The van der Waals surface area contributed by atoms with Crippen LogP contribution in [0.25, 0.3) is 11.1 Å². The minimum absolute atomic E-state index is 0.0683. The Hall–Kier alpha value is -3.39. The summed E-state index contributed by atoms with van der Waals surface area (Å²) in [6.45, 7) is 3.71. The molecule has 2 aliphatic rings. The fourth-order valence-corrected chi connectivity index (χ4v) is 4.71. The van der Waals surface area contributed by atoms with Crippen molar-refractivity contribution in [1.82, 2.24) is 19.9 Å². The minimum Gasteiger partial charge on any atom is -0.390 e. The van der Waals surface area contributed by atoms with Crippen LogP contribution in [0.4, 0.5) is 10.3 Å². The Morgan fingerprint density at radius 1 is 1.18 bits per heavy atom. The van der Waals surface area contributed by atoms with Crippen molar-refractivity contribution in [2.45, 2.75) is 31.8 Å². The lowest BCUT2D eigenvalue weighted by Crippen LogP contribution is -2.49. The van der Waals surface area contributed by atoms with E-state index in [4.69, 9.17) is 9.82 Å². The summed E-state index contributed by atoms with van der Waals surface area (Å²) < 4.78 is 14.3. The Labute approximate surface area is 192 Å². The number of likely N-dealkylation sites (N-methyl/N-ethyl adjacent to an activating group) is 1. The van der Waals surface area contributed by atoms with Crippen LogP contribution in [0.5, 0.6) is 0 Å². The van der Waals surface area contributed by atoms with Crippen molar-refractivity contribution in [1.29, 1.82) is 0 Å². The predicted molar refractivity (Wildman–Crippen MR) is 126 cm³/mol. The first-order valence-electron chi connectivity index (χ1n) is 11.2. The van der Waals surface area contributed by atoms with Crippen molar-refractivity contribution in [2.75, 3.05) is 32.5 Å². The smallest absolute Gasteiger partial charge is 0.222 e. The molecule has 1 aromatic carbocycles. The van der Waals surface area contributed by atoms with Crippen LogP contribution >= 0.6 is 0 Å². The third-order valence-electron chi connectivity index (χ3n) is 6.33. The normalized spacial score (nSPS) is 19.8. The van der Waals surface area contributed by atoms with E-state index in [1.807, 2.05) is 32.2 Å². The van der Waals surface area contributed by atoms with E-state index < -0.39 is 0 Å². The molecule has 0 amide bonds. The lowest BCUT2D eigenvalue weighted by Gasteiger charge is -2.34. The first kappa shape index (κ1) is 21.5. The Morgan fingerprint density at radius 2 is 2.03 bits per heavy atom. The molecule has 3 heterocycles. The fourth-order valence-electron chi connectivity index (χ4n) is 4.71. The number of hydrogen-bond acceptors (Lipinski definition) is 7. The molecule has 5 rings (SSSR count). The molecule has 3 aromatic rings. The molecule has 0 bridgehead atoms. The van der Waals surface area contributed by atoms with Gasteiger partial charge in [0.05, 0.1) is 17.1 Å². The molecule has 33 heavy (non-hydrogen) atoms. The van der Waals surface area contributed by atoms with Gasteiger partial charge in [-0.25, -0.2) is 14.4 Å². The summed E-state index contributed by atoms with van der Waals surface area (Å²) in [5.41, 5.74) is 6.39. The number of nitrogens with one attached hydrogen (secondary N) is 1. The lowest BCUT2D eigenvalue weighted by molar-refractivity contribution is -0.0413. The van der Waals surface area contributed by atoms with Gasteiger partial charge in [0.15, 0.2) is 6.10 Å². The highest BCUT2D eigenvalue weighted by molar-refractivity contribution is 6.03. The van der Waals surface area contributed by atoms with Gasteiger partial charge >= 0.3 is 0 Å². The van der Waals surface area contributed by atoms with Crippen molar-refractivity contribution < 1.29 is 9.23 Å². The first-order chi connectivity index (χ1) is 16.0. The molecule has 0 radical (unpaired) electrons. The number of aromatic nitrogens is 3. The molecule has 7 nitrogen and oxygen atoms in total. The van der Waals surface area contributed by atoms with Crippen LogP contribution < -0.4 is 5.32 Å². The van der Waals surface area contributed by atoms with Crippen molar-refractivity contribution in [3.63, 3.8) is 0 Å². The number of fused-ring (bicyclic) bond motifs is 1. The number of aryl methyl sites for hydroxylation is 1. The topological polar surface area (TPSA) is 75.5 Å². The molecule has 1 N–H and O–H groups in total. The van der Waals surface area contributed by atoms with E-state index in [0.29, 0.717) is 18.8 Å². The van der Waals surface area contributed by atoms with Gasteiger partial charge in [-0.3, -0.25) is 9.88 Å². The van der Waals surface area contributed by atoms with Gasteiger partial charge in [0.25, 0.3) is 0 Å². The van der Waals surface area contributed by atoms with E-state index in [1.54, 1.807) is 18.5 Å². The standard InChI is InChI=1S/C25H27FN6O/c1-15-24-22(30-25(27-2)29-15)9-17(10-23(24)31-33-19-13-32(3)14-19)20-7-6-18(26)11-21(20)16-5-4-8-28-12-16/h4-8,11-12,17,19H,9-10,13-14H2,1-3H3,(H,27,29,30). The van der Waals surface area contributed by atoms with E-state index >= 15 is 0 Å². The molecule has 0 spiro atoms. The maximum atomic E-state index is 14.3. The van der Waals surface area contributed by atoms with Crippen LogP contribution in [-0.2, 0) is 11.3 Å². The van der Waals surface area contributed by atoms with E-state index in [-0.39, 0.29) is 17.8 Å². The summed E-state index contributed by atoms with van der Waals surface area (Å²) in [6, 6.07) is 8.81.